The van der Waals surface area contributed by atoms with Gasteiger partial charge in [0.25, 0.3) is 5.89 Å². The van der Waals surface area contributed by atoms with Crippen molar-refractivity contribution in [1.29, 1.82) is 0 Å². The molecule has 0 atom stereocenters. The lowest BCUT2D eigenvalue weighted by Gasteiger charge is -2.09. The second kappa shape index (κ2) is 8.97. The zero-order valence-corrected chi connectivity index (χ0v) is 16.9. The van der Waals surface area contributed by atoms with Crippen molar-refractivity contribution >= 4 is 16.0 Å². The minimum atomic E-state index is -3.70. The van der Waals surface area contributed by atoms with E-state index in [0.29, 0.717) is 11.5 Å². The third kappa shape index (κ3) is 5.49. The van der Waals surface area contributed by atoms with Crippen LogP contribution in [0.2, 0.25) is 0 Å². The molecule has 0 bridgehead atoms. The van der Waals surface area contributed by atoms with E-state index in [1.165, 1.54) is 0 Å². The maximum atomic E-state index is 12.4. The molecule has 0 saturated carbocycles. The van der Waals surface area contributed by atoms with Crippen molar-refractivity contribution in [2.45, 2.75) is 31.8 Å². The van der Waals surface area contributed by atoms with Crippen molar-refractivity contribution in [1.82, 2.24) is 14.9 Å². The molecule has 0 amide bonds. The summed E-state index contributed by atoms with van der Waals surface area (Å²) in [5.74, 6) is -0.0845. The first kappa shape index (κ1) is 20.7. The molecule has 9 heteroatoms. The number of nitrogens with one attached hydrogen (secondary N) is 1. The average Bonchev–Trinajstić information content (AvgIpc) is 3.16. The van der Waals surface area contributed by atoms with E-state index in [4.69, 9.17) is 9.15 Å². The van der Waals surface area contributed by atoms with Gasteiger partial charge in [-0.15, -0.1) is 10.2 Å². The second-order valence-corrected chi connectivity index (χ2v) is 8.18. The van der Waals surface area contributed by atoms with E-state index in [2.05, 4.69) is 14.9 Å². The molecule has 1 aromatic heterocycles. The van der Waals surface area contributed by atoms with Crippen molar-refractivity contribution in [2.24, 2.45) is 0 Å². The van der Waals surface area contributed by atoms with Crippen molar-refractivity contribution in [3.8, 4) is 11.5 Å². The van der Waals surface area contributed by atoms with Crippen molar-refractivity contribution < 1.29 is 22.4 Å². The van der Waals surface area contributed by atoms with Crippen LogP contribution < -0.4 is 4.72 Å². The predicted octanol–water partition coefficient (Wildman–Crippen LogP) is 2.77. The number of ether oxygens (including phenoxy) is 1. The summed E-state index contributed by atoms with van der Waals surface area (Å²) < 4.78 is 37.7. The average molecular weight is 415 g/mol. The van der Waals surface area contributed by atoms with E-state index >= 15 is 0 Å². The van der Waals surface area contributed by atoms with Crippen molar-refractivity contribution in [3.05, 3.63) is 65.5 Å². The number of carbonyl (C=O) groups excluding carboxylic acids is 1. The van der Waals surface area contributed by atoms with Crippen molar-refractivity contribution in [2.75, 3.05) is 6.54 Å². The van der Waals surface area contributed by atoms with Gasteiger partial charge in [-0.3, -0.25) is 4.79 Å². The first-order valence-corrected chi connectivity index (χ1v) is 10.4. The number of carbonyl (C=O) groups is 1. The molecule has 8 nitrogen and oxygen atoms in total. The Labute approximate surface area is 169 Å². The van der Waals surface area contributed by atoms with Gasteiger partial charge >= 0.3 is 5.97 Å². The van der Waals surface area contributed by atoms with Crippen LogP contribution in [-0.4, -0.2) is 31.1 Å². The van der Waals surface area contributed by atoms with Gasteiger partial charge in [0.15, 0.2) is 6.61 Å². The first-order chi connectivity index (χ1) is 13.8. The Morgan fingerprint density at radius 2 is 1.86 bits per heavy atom. The summed E-state index contributed by atoms with van der Waals surface area (Å²) in [6, 6.07) is 14.3. The van der Waals surface area contributed by atoms with Crippen LogP contribution in [0, 0.1) is 13.8 Å². The Kier molecular flexibility index (Phi) is 6.40. The Bertz CT molecular complexity index is 1090. The van der Waals surface area contributed by atoms with Gasteiger partial charge < -0.3 is 9.15 Å². The molecule has 3 rings (SSSR count). The maximum Gasteiger partial charge on any atom is 0.307 e. The molecule has 0 aliphatic carbocycles. The van der Waals surface area contributed by atoms with Crippen LogP contribution in [0.5, 0.6) is 0 Å². The number of aryl methyl sites for hydroxylation is 2. The molecule has 0 aliphatic rings. The van der Waals surface area contributed by atoms with E-state index in [1.54, 1.807) is 25.1 Å². The van der Waals surface area contributed by atoms with E-state index in [-0.39, 0.29) is 30.4 Å². The Morgan fingerprint density at radius 1 is 1.10 bits per heavy atom. The third-order valence-corrected chi connectivity index (χ3v) is 5.71. The minimum absolute atomic E-state index is 0.0758. The van der Waals surface area contributed by atoms with Gasteiger partial charge in [-0.1, -0.05) is 35.9 Å². The molecule has 1 N–H and O–H groups in total. The summed E-state index contributed by atoms with van der Waals surface area (Å²) in [7, 11) is -3.70. The lowest BCUT2D eigenvalue weighted by molar-refractivity contribution is -0.145. The molecule has 0 radical (unpaired) electrons. The highest BCUT2D eigenvalue weighted by molar-refractivity contribution is 7.89. The van der Waals surface area contributed by atoms with Crippen LogP contribution in [0.15, 0.2) is 57.8 Å². The molecule has 0 unspecified atom stereocenters. The molecule has 152 valence electrons. The molecule has 29 heavy (non-hydrogen) atoms. The van der Waals surface area contributed by atoms with Gasteiger partial charge in [0, 0.05) is 12.1 Å². The van der Waals surface area contributed by atoms with Crippen LogP contribution in [0.1, 0.15) is 23.4 Å². The fourth-order valence-electron chi connectivity index (χ4n) is 2.69. The summed E-state index contributed by atoms with van der Waals surface area (Å²) in [6.45, 7) is 3.36. The van der Waals surface area contributed by atoms with E-state index in [1.807, 2.05) is 37.3 Å². The zero-order chi connectivity index (χ0) is 20.9. The Hall–Kier alpha value is -3.04. The topological polar surface area (TPSA) is 111 Å². The molecule has 1 heterocycles. The highest BCUT2D eigenvalue weighted by Gasteiger charge is 2.17. The fourth-order valence-corrected chi connectivity index (χ4v) is 3.95. The highest BCUT2D eigenvalue weighted by atomic mass is 32.2. The standard InChI is InChI=1S/C20H21N3O5S/c1-14-8-9-17(15(2)12-14)29(25,26)21-11-10-19(24)27-13-18-22-23-20(28-18)16-6-4-3-5-7-16/h3-9,12,21H,10-11,13H2,1-2H3. The van der Waals surface area contributed by atoms with Crippen LogP contribution in [0.3, 0.4) is 0 Å². The van der Waals surface area contributed by atoms with E-state index in [0.717, 1.165) is 11.1 Å². The minimum Gasteiger partial charge on any atom is -0.456 e. The third-order valence-electron chi connectivity index (χ3n) is 4.09. The summed E-state index contributed by atoms with van der Waals surface area (Å²) in [6.07, 6.45) is -0.121. The van der Waals surface area contributed by atoms with Crippen molar-refractivity contribution in [3.63, 3.8) is 0 Å². The molecular weight excluding hydrogens is 394 g/mol. The number of benzene rings is 2. The monoisotopic (exact) mass is 415 g/mol. The summed E-state index contributed by atoms with van der Waals surface area (Å²) in [5, 5.41) is 7.74. The van der Waals surface area contributed by atoms with E-state index in [9.17, 15) is 13.2 Å². The molecule has 0 aliphatic heterocycles. The molecule has 0 saturated heterocycles. The Morgan fingerprint density at radius 3 is 2.59 bits per heavy atom. The van der Waals surface area contributed by atoms with Crippen LogP contribution in [-0.2, 0) is 26.2 Å². The van der Waals surface area contributed by atoms with Gasteiger partial charge in [-0.2, -0.15) is 0 Å². The number of hydrogen-bond donors (Lipinski definition) is 1. The highest BCUT2D eigenvalue weighted by Crippen LogP contribution is 2.18. The summed E-state index contributed by atoms with van der Waals surface area (Å²) >= 11 is 0. The van der Waals surface area contributed by atoms with Gasteiger partial charge in [-0.25, -0.2) is 13.1 Å². The molecule has 0 spiro atoms. The van der Waals surface area contributed by atoms with Gasteiger partial charge in [0.05, 0.1) is 11.3 Å². The molecule has 2 aromatic carbocycles. The number of sulfonamides is 1. The number of aromatic nitrogens is 2. The number of hydrogen-bond acceptors (Lipinski definition) is 7. The van der Waals surface area contributed by atoms with E-state index < -0.39 is 16.0 Å². The first-order valence-electron chi connectivity index (χ1n) is 8.95. The number of esters is 1. The lowest BCUT2D eigenvalue weighted by Crippen LogP contribution is -2.27. The number of nitrogens with zero attached hydrogens (tertiary/aromatic N) is 2. The molecule has 0 fully saturated rings. The predicted molar refractivity (Wildman–Crippen MR) is 105 cm³/mol. The fraction of sp³-hybridized carbons (Fsp3) is 0.250. The summed E-state index contributed by atoms with van der Waals surface area (Å²) in [5.41, 5.74) is 2.38. The van der Waals surface area contributed by atoms with Crippen LogP contribution in [0.25, 0.3) is 11.5 Å². The Balaban J connectivity index is 1.47. The quantitative estimate of drug-likeness (QED) is 0.563. The van der Waals surface area contributed by atoms with Gasteiger partial charge in [-0.05, 0) is 37.6 Å². The molecular formula is C20H21N3O5S. The van der Waals surface area contributed by atoms with Gasteiger partial charge in [0.2, 0.25) is 15.9 Å². The molecule has 3 aromatic rings. The lowest BCUT2D eigenvalue weighted by atomic mass is 10.2. The second-order valence-electron chi connectivity index (χ2n) is 6.44. The van der Waals surface area contributed by atoms with Crippen LogP contribution in [0.4, 0.5) is 0 Å². The number of rotatable bonds is 8. The zero-order valence-electron chi connectivity index (χ0n) is 16.1. The SMILES string of the molecule is Cc1ccc(S(=O)(=O)NCCC(=O)OCc2nnc(-c3ccccc3)o2)c(C)c1. The van der Waals surface area contributed by atoms with Gasteiger partial charge in [0.1, 0.15) is 0 Å². The normalized spacial score (nSPS) is 11.4. The maximum absolute atomic E-state index is 12.4. The van der Waals surface area contributed by atoms with Crippen LogP contribution >= 0.6 is 0 Å². The smallest absolute Gasteiger partial charge is 0.307 e. The summed E-state index contributed by atoms with van der Waals surface area (Å²) in [4.78, 5) is 12.1. The largest absolute Gasteiger partial charge is 0.456 e.